The first kappa shape index (κ1) is 32.8. The molecule has 2 aliphatic carbocycles. The summed E-state index contributed by atoms with van der Waals surface area (Å²) in [5.41, 5.74) is 18.5. The number of hydrogen-bond donors (Lipinski definition) is 0. The van der Waals surface area contributed by atoms with Crippen molar-refractivity contribution in [2.24, 2.45) is 0 Å². The van der Waals surface area contributed by atoms with Gasteiger partial charge in [-0.1, -0.05) is 170 Å². The van der Waals surface area contributed by atoms with Crippen LogP contribution < -0.4 is 0 Å². The zero-order chi connectivity index (χ0) is 39.8. The van der Waals surface area contributed by atoms with E-state index in [-0.39, 0.29) is 0 Å². The van der Waals surface area contributed by atoms with Crippen LogP contribution in [0.5, 0.6) is 0 Å². The monoisotopic (exact) mass is 774 g/mol. The molecular weight excluding hydrogens is 741 g/mol. The Morgan fingerprint density at radius 1 is 0.344 bits per heavy atom. The molecule has 2 aliphatic rings. The first-order valence-electron chi connectivity index (χ1n) is 21.0. The van der Waals surface area contributed by atoms with Crippen LogP contribution in [-0.2, 0) is 5.41 Å². The van der Waals surface area contributed by atoms with Gasteiger partial charge in [0.15, 0.2) is 0 Å². The number of rotatable bonds is 3. The lowest BCUT2D eigenvalue weighted by atomic mass is 9.70. The Morgan fingerprint density at radius 2 is 0.902 bits per heavy atom. The lowest BCUT2D eigenvalue weighted by molar-refractivity contribution is 0.794. The molecule has 0 radical (unpaired) electrons. The van der Waals surface area contributed by atoms with Crippen molar-refractivity contribution >= 4 is 54.5 Å². The lowest BCUT2D eigenvalue weighted by Crippen LogP contribution is -2.25. The van der Waals surface area contributed by atoms with Gasteiger partial charge in [0.1, 0.15) is 0 Å². The number of benzene rings is 9. The van der Waals surface area contributed by atoms with Gasteiger partial charge in [-0.15, -0.1) is 0 Å². The van der Waals surface area contributed by atoms with Gasteiger partial charge in [-0.2, -0.15) is 0 Å². The summed E-state index contributed by atoms with van der Waals surface area (Å²) < 4.78 is 4.71. The average Bonchev–Trinajstić information content (AvgIpc) is 4.04. The fourth-order valence-electron chi connectivity index (χ4n) is 11.3. The van der Waals surface area contributed by atoms with Gasteiger partial charge < -0.3 is 4.57 Å². The smallest absolute Gasteiger partial charge is 0.235 e. The Kier molecular flexibility index (Phi) is 6.46. The van der Waals surface area contributed by atoms with Crippen LogP contribution in [0, 0.1) is 0 Å². The number of aromatic nitrogens is 4. The number of fused-ring (bicyclic) bond motifs is 18. The molecule has 0 amide bonds. The van der Waals surface area contributed by atoms with Crippen LogP contribution in [0.15, 0.2) is 206 Å². The highest BCUT2D eigenvalue weighted by Gasteiger charge is 2.52. The molecule has 4 nitrogen and oxygen atoms in total. The zero-order valence-electron chi connectivity index (χ0n) is 32.9. The van der Waals surface area contributed by atoms with E-state index in [1.54, 1.807) is 0 Å². The van der Waals surface area contributed by atoms with Crippen molar-refractivity contribution in [2.45, 2.75) is 5.41 Å². The molecule has 282 valence electrons. The SMILES string of the molecule is c1ccc(-n2c3ccccc3c3ccc4c(c5ccccc5n4-c4nc(-c5cccc6c5-c5ccccc5C65c6ccccc6-c6ccccc65)c5ccccc5n4)c32)cc1. The summed E-state index contributed by atoms with van der Waals surface area (Å²) in [6.07, 6.45) is 0. The van der Waals surface area contributed by atoms with Gasteiger partial charge in [-0.25, -0.2) is 9.97 Å². The third kappa shape index (κ3) is 4.13. The summed E-state index contributed by atoms with van der Waals surface area (Å²) in [7, 11) is 0. The largest absolute Gasteiger partial charge is 0.309 e. The lowest BCUT2D eigenvalue weighted by Gasteiger charge is -2.30. The van der Waals surface area contributed by atoms with Crippen LogP contribution in [0.2, 0.25) is 0 Å². The summed E-state index contributed by atoms with van der Waals surface area (Å²) in [4.78, 5) is 11.1. The molecule has 0 atom stereocenters. The van der Waals surface area contributed by atoms with E-state index in [9.17, 15) is 0 Å². The molecule has 0 aliphatic heterocycles. The van der Waals surface area contributed by atoms with Crippen molar-refractivity contribution in [3.05, 3.63) is 229 Å². The second-order valence-electron chi connectivity index (χ2n) is 16.4. The quantitative estimate of drug-likeness (QED) is 0.179. The molecule has 3 heterocycles. The van der Waals surface area contributed by atoms with E-state index in [1.807, 2.05) is 0 Å². The molecule has 12 aromatic rings. The van der Waals surface area contributed by atoms with Crippen LogP contribution in [0.3, 0.4) is 0 Å². The molecular formula is C57H34N4. The summed E-state index contributed by atoms with van der Waals surface area (Å²) in [6.45, 7) is 0. The predicted molar refractivity (Wildman–Crippen MR) is 250 cm³/mol. The highest BCUT2D eigenvalue weighted by Crippen LogP contribution is 2.64. The summed E-state index contributed by atoms with van der Waals surface area (Å²) >= 11 is 0. The summed E-state index contributed by atoms with van der Waals surface area (Å²) in [6, 6.07) is 75.1. The van der Waals surface area contributed by atoms with E-state index in [4.69, 9.17) is 9.97 Å². The molecule has 1 spiro atoms. The molecule has 0 saturated heterocycles. The van der Waals surface area contributed by atoms with E-state index in [2.05, 4.69) is 215 Å². The minimum absolute atomic E-state index is 0.448. The fraction of sp³-hybridized carbons (Fsp3) is 0.0175. The van der Waals surface area contributed by atoms with Crippen molar-refractivity contribution in [2.75, 3.05) is 0 Å². The van der Waals surface area contributed by atoms with Crippen LogP contribution in [0.4, 0.5) is 0 Å². The fourth-order valence-corrected chi connectivity index (χ4v) is 11.3. The maximum atomic E-state index is 5.72. The third-order valence-electron chi connectivity index (χ3n) is 13.6. The van der Waals surface area contributed by atoms with E-state index < -0.39 is 5.41 Å². The summed E-state index contributed by atoms with van der Waals surface area (Å²) in [5.74, 6) is 0.650. The first-order valence-corrected chi connectivity index (χ1v) is 21.0. The molecule has 0 bridgehead atoms. The Bertz CT molecular complexity index is 3790. The molecule has 14 rings (SSSR count). The minimum atomic E-state index is -0.448. The van der Waals surface area contributed by atoms with Crippen molar-refractivity contribution in [3.63, 3.8) is 0 Å². The maximum Gasteiger partial charge on any atom is 0.235 e. The van der Waals surface area contributed by atoms with Gasteiger partial charge in [0.2, 0.25) is 5.95 Å². The average molecular weight is 775 g/mol. The van der Waals surface area contributed by atoms with Gasteiger partial charge in [-0.3, -0.25) is 4.57 Å². The van der Waals surface area contributed by atoms with Gasteiger partial charge in [-0.05, 0) is 80.9 Å². The molecule has 0 fully saturated rings. The Hall–Kier alpha value is -8.08. The second-order valence-corrected chi connectivity index (χ2v) is 16.4. The number of para-hydroxylation sites is 4. The van der Waals surface area contributed by atoms with Crippen LogP contribution in [-0.4, -0.2) is 19.1 Å². The zero-order valence-corrected chi connectivity index (χ0v) is 32.9. The standard InChI is InChI=1S/C57H34N4/c1-2-17-35(18-3-1)60-49-31-14-8-21-38(49)39-33-34-51-53(55(39)60)42-24-9-15-32-50(42)61(51)56-58-48-30-13-7-23-41(48)54(59-56)43-25-16-29-47-52(43)40-22-6-12-28-46(40)57(47)44-26-10-4-19-36(44)37-20-5-11-27-45(37)57/h1-34H. The molecule has 0 N–H and O–H groups in total. The van der Waals surface area contributed by atoms with Gasteiger partial charge in [0.05, 0.1) is 38.7 Å². The Balaban J connectivity index is 1.09. The third-order valence-corrected chi connectivity index (χ3v) is 13.6. The Labute approximate surface area is 351 Å². The van der Waals surface area contributed by atoms with E-state index in [1.165, 1.54) is 71.7 Å². The van der Waals surface area contributed by atoms with Crippen LogP contribution in [0.1, 0.15) is 22.3 Å². The van der Waals surface area contributed by atoms with E-state index in [0.29, 0.717) is 5.95 Å². The van der Waals surface area contributed by atoms with Gasteiger partial charge in [0.25, 0.3) is 0 Å². The van der Waals surface area contributed by atoms with Gasteiger partial charge in [0, 0.05) is 38.2 Å². The second kappa shape index (κ2) is 12.0. The number of hydrogen-bond acceptors (Lipinski definition) is 2. The first-order chi connectivity index (χ1) is 30.3. The van der Waals surface area contributed by atoms with E-state index in [0.717, 1.165) is 44.3 Å². The van der Waals surface area contributed by atoms with Crippen LogP contribution >= 0.6 is 0 Å². The van der Waals surface area contributed by atoms with Crippen LogP contribution in [0.25, 0.3) is 99.7 Å². The molecule has 9 aromatic carbocycles. The van der Waals surface area contributed by atoms with Crippen molar-refractivity contribution < 1.29 is 0 Å². The minimum Gasteiger partial charge on any atom is -0.309 e. The number of nitrogens with zero attached hydrogens (tertiary/aromatic N) is 4. The normalized spacial score (nSPS) is 13.4. The maximum absolute atomic E-state index is 5.72. The molecule has 0 unspecified atom stereocenters. The highest BCUT2D eigenvalue weighted by atomic mass is 15.2. The highest BCUT2D eigenvalue weighted by molar-refractivity contribution is 6.26. The van der Waals surface area contributed by atoms with Crippen molar-refractivity contribution in [3.8, 4) is 45.1 Å². The molecule has 3 aromatic heterocycles. The molecule has 0 saturated carbocycles. The Morgan fingerprint density at radius 3 is 1.66 bits per heavy atom. The predicted octanol–water partition coefficient (Wildman–Crippen LogP) is 13.8. The van der Waals surface area contributed by atoms with Crippen molar-refractivity contribution in [1.82, 2.24) is 19.1 Å². The summed E-state index contributed by atoms with van der Waals surface area (Å²) in [5, 5.41) is 5.82. The van der Waals surface area contributed by atoms with E-state index >= 15 is 0 Å². The van der Waals surface area contributed by atoms with Gasteiger partial charge >= 0.3 is 0 Å². The molecule has 61 heavy (non-hydrogen) atoms. The molecule has 4 heteroatoms. The van der Waals surface area contributed by atoms with Crippen molar-refractivity contribution in [1.29, 1.82) is 0 Å². The topological polar surface area (TPSA) is 35.6 Å².